The molecule has 0 aliphatic rings. The summed E-state index contributed by atoms with van der Waals surface area (Å²) in [5, 5.41) is 21.8. The van der Waals surface area contributed by atoms with Crippen molar-refractivity contribution in [3.05, 3.63) is 28.8 Å². The van der Waals surface area contributed by atoms with Gasteiger partial charge in [-0.2, -0.15) is 0 Å². The minimum atomic E-state index is -1.98. The first-order valence-electron chi connectivity index (χ1n) is 6.65. The topological polar surface area (TPSA) is 95.9 Å². The van der Waals surface area contributed by atoms with E-state index in [0.29, 0.717) is 16.3 Å². The third-order valence-electron chi connectivity index (χ3n) is 2.70. The number of aliphatic hydroxyl groups is 1. The lowest BCUT2D eigenvalue weighted by Gasteiger charge is -2.22. The second kappa shape index (κ2) is 6.54. The molecule has 0 saturated carbocycles. The van der Waals surface area contributed by atoms with Crippen LogP contribution in [-0.4, -0.2) is 33.5 Å². The summed E-state index contributed by atoms with van der Waals surface area (Å²) in [4.78, 5) is 22.9. The van der Waals surface area contributed by atoms with Gasteiger partial charge in [0.1, 0.15) is 5.60 Å². The smallest absolute Gasteiger partial charge is 0.412 e. The molecule has 1 amide bonds. The highest BCUT2D eigenvalue weighted by Crippen LogP contribution is 2.25. The van der Waals surface area contributed by atoms with Gasteiger partial charge in [-0.25, -0.2) is 9.59 Å². The summed E-state index contributed by atoms with van der Waals surface area (Å²) in [6.07, 6.45) is -0.889. The van der Waals surface area contributed by atoms with Gasteiger partial charge in [-0.05, 0) is 51.5 Å². The zero-order chi connectivity index (χ0) is 17.1. The standard InChI is InChI=1S/C15H20ClNO5/c1-14(2,3)22-13(20)17-11-6-5-10(16)7-9(11)8-15(4,21)12(18)19/h5-7,21H,8H2,1-4H3,(H,17,20)(H,18,19). The molecule has 7 heteroatoms. The third kappa shape index (κ3) is 5.54. The summed E-state index contributed by atoms with van der Waals surface area (Å²) < 4.78 is 5.14. The minimum absolute atomic E-state index is 0.214. The lowest BCUT2D eigenvalue weighted by molar-refractivity contribution is -0.156. The van der Waals surface area contributed by atoms with Gasteiger partial charge in [0.2, 0.25) is 0 Å². The number of amides is 1. The van der Waals surface area contributed by atoms with Gasteiger partial charge in [0, 0.05) is 17.1 Å². The van der Waals surface area contributed by atoms with E-state index < -0.39 is 23.3 Å². The molecule has 22 heavy (non-hydrogen) atoms. The Balaban J connectivity index is 3.01. The Morgan fingerprint density at radius 2 is 1.86 bits per heavy atom. The Morgan fingerprint density at radius 3 is 2.36 bits per heavy atom. The largest absolute Gasteiger partial charge is 0.479 e. The highest BCUT2D eigenvalue weighted by Gasteiger charge is 2.31. The summed E-state index contributed by atoms with van der Waals surface area (Å²) >= 11 is 5.90. The predicted octanol–water partition coefficient (Wildman–Crippen LogP) is 3.07. The Hall–Kier alpha value is -1.79. The number of carbonyl (C=O) groups is 2. The molecule has 0 fully saturated rings. The van der Waals surface area contributed by atoms with E-state index in [1.54, 1.807) is 26.8 Å². The number of aliphatic carboxylic acids is 1. The van der Waals surface area contributed by atoms with Gasteiger partial charge >= 0.3 is 12.1 Å². The maximum Gasteiger partial charge on any atom is 0.412 e. The number of carboxylic acid groups (broad SMARTS) is 1. The van der Waals surface area contributed by atoms with Crippen LogP contribution in [-0.2, 0) is 16.0 Å². The summed E-state index contributed by atoms with van der Waals surface area (Å²) in [5.41, 5.74) is -1.91. The van der Waals surface area contributed by atoms with Crippen molar-refractivity contribution in [2.24, 2.45) is 0 Å². The summed E-state index contributed by atoms with van der Waals surface area (Å²) in [6.45, 7) is 6.35. The number of halogens is 1. The molecule has 0 aliphatic heterocycles. The third-order valence-corrected chi connectivity index (χ3v) is 2.93. The number of carbonyl (C=O) groups excluding carboxylic acids is 1. The van der Waals surface area contributed by atoms with Crippen LogP contribution in [0.1, 0.15) is 33.3 Å². The fraction of sp³-hybridized carbons (Fsp3) is 0.467. The van der Waals surface area contributed by atoms with E-state index in [4.69, 9.17) is 21.4 Å². The fourth-order valence-electron chi connectivity index (χ4n) is 1.69. The van der Waals surface area contributed by atoms with Gasteiger partial charge in [-0.15, -0.1) is 0 Å². The molecule has 1 aromatic carbocycles. The molecule has 0 aliphatic carbocycles. The predicted molar refractivity (Wildman–Crippen MR) is 83.3 cm³/mol. The minimum Gasteiger partial charge on any atom is -0.479 e. The van der Waals surface area contributed by atoms with Crippen molar-refractivity contribution in [3.63, 3.8) is 0 Å². The van der Waals surface area contributed by atoms with Crippen LogP contribution in [0, 0.1) is 0 Å². The van der Waals surface area contributed by atoms with E-state index in [1.807, 2.05) is 0 Å². The van der Waals surface area contributed by atoms with Crippen LogP contribution in [0.5, 0.6) is 0 Å². The van der Waals surface area contributed by atoms with Crippen LogP contribution in [0.25, 0.3) is 0 Å². The van der Waals surface area contributed by atoms with E-state index in [1.165, 1.54) is 19.1 Å². The molecule has 0 heterocycles. The molecule has 0 aromatic heterocycles. The van der Waals surface area contributed by atoms with E-state index in [9.17, 15) is 14.7 Å². The van der Waals surface area contributed by atoms with Crippen molar-refractivity contribution in [1.29, 1.82) is 0 Å². The molecule has 0 bridgehead atoms. The average molecular weight is 330 g/mol. The second-order valence-corrected chi connectivity index (χ2v) is 6.62. The van der Waals surface area contributed by atoms with Crippen molar-refractivity contribution >= 4 is 29.4 Å². The number of nitrogens with one attached hydrogen (secondary N) is 1. The number of hydrogen-bond acceptors (Lipinski definition) is 4. The van der Waals surface area contributed by atoms with E-state index in [2.05, 4.69) is 5.32 Å². The first-order chi connectivity index (χ1) is 9.90. The zero-order valence-corrected chi connectivity index (χ0v) is 13.7. The van der Waals surface area contributed by atoms with Crippen LogP contribution in [0.4, 0.5) is 10.5 Å². The SMILES string of the molecule is CC(C)(C)OC(=O)Nc1ccc(Cl)cc1CC(C)(O)C(=O)O. The van der Waals surface area contributed by atoms with E-state index in [-0.39, 0.29) is 6.42 Å². The van der Waals surface area contributed by atoms with Crippen molar-refractivity contribution < 1.29 is 24.5 Å². The molecule has 1 aromatic rings. The Kier molecular flexibility index (Phi) is 5.43. The van der Waals surface area contributed by atoms with Crippen LogP contribution >= 0.6 is 11.6 Å². The normalized spacial score (nSPS) is 14.1. The summed E-state index contributed by atoms with van der Waals surface area (Å²) in [6, 6.07) is 4.57. The van der Waals surface area contributed by atoms with E-state index in [0.717, 1.165) is 0 Å². The second-order valence-electron chi connectivity index (χ2n) is 6.18. The first-order valence-corrected chi connectivity index (χ1v) is 7.03. The fourth-order valence-corrected chi connectivity index (χ4v) is 1.89. The van der Waals surface area contributed by atoms with Gasteiger partial charge in [-0.3, -0.25) is 5.32 Å². The molecule has 0 radical (unpaired) electrons. The number of carboxylic acids is 1. The van der Waals surface area contributed by atoms with E-state index >= 15 is 0 Å². The number of rotatable bonds is 4. The van der Waals surface area contributed by atoms with Crippen LogP contribution in [0.3, 0.4) is 0 Å². The lowest BCUT2D eigenvalue weighted by atomic mass is 9.95. The molecule has 1 atom stereocenters. The molecular weight excluding hydrogens is 310 g/mol. The van der Waals surface area contributed by atoms with Crippen molar-refractivity contribution in [1.82, 2.24) is 0 Å². The van der Waals surface area contributed by atoms with Gasteiger partial charge < -0.3 is 14.9 Å². The summed E-state index contributed by atoms with van der Waals surface area (Å²) in [5.74, 6) is -1.37. The molecule has 1 unspecified atom stereocenters. The molecular formula is C15H20ClNO5. The number of benzene rings is 1. The molecule has 0 saturated heterocycles. The molecule has 3 N–H and O–H groups in total. The highest BCUT2D eigenvalue weighted by molar-refractivity contribution is 6.30. The Morgan fingerprint density at radius 1 is 1.27 bits per heavy atom. The van der Waals surface area contributed by atoms with Crippen molar-refractivity contribution in [2.45, 2.75) is 45.3 Å². The molecule has 122 valence electrons. The zero-order valence-electron chi connectivity index (χ0n) is 12.9. The first kappa shape index (κ1) is 18.3. The number of hydrogen-bond donors (Lipinski definition) is 3. The number of ether oxygens (including phenoxy) is 1. The van der Waals surface area contributed by atoms with Crippen LogP contribution < -0.4 is 5.32 Å². The molecule has 0 spiro atoms. The molecule has 1 rings (SSSR count). The monoisotopic (exact) mass is 329 g/mol. The van der Waals surface area contributed by atoms with Crippen LogP contribution in [0.2, 0.25) is 5.02 Å². The Bertz CT molecular complexity index is 578. The van der Waals surface area contributed by atoms with Crippen LogP contribution in [0.15, 0.2) is 18.2 Å². The number of anilines is 1. The maximum absolute atomic E-state index is 11.8. The average Bonchev–Trinajstić information content (AvgIpc) is 2.29. The van der Waals surface area contributed by atoms with Gasteiger partial charge in [0.25, 0.3) is 0 Å². The maximum atomic E-state index is 11.8. The highest BCUT2D eigenvalue weighted by atomic mass is 35.5. The van der Waals surface area contributed by atoms with Gasteiger partial charge in [0.05, 0.1) is 0 Å². The quantitative estimate of drug-likeness (QED) is 0.789. The Labute approximate surface area is 134 Å². The lowest BCUT2D eigenvalue weighted by Crippen LogP contribution is -2.37. The summed E-state index contributed by atoms with van der Waals surface area (Å²) in [7, 11) is 0. The van der Waals surface area contributed by atoms with Gasteiger partial charge in [-0.1, -0.05) is 11.6 Å². The van der Waals surface area contributed by atoms with Crippen molar-refractivity contribution in [2.75, 3.05) is 5.32 Å². The van der Waals surface area contributed by atoms with Crippen molar-refractivity contribution in [3.8, 4) is 0 Å². The van der Waals surface area contributed by atoms with Gasteiger partial charge in [0.15, 0.2) is 5.60 Å². The molecule has 6 nitrogen and oxygen atoms in total.